The molecule has 5 rings (SSSR count). The smallest absolute Gasteiger partial charge is 0.254 e. The number of halogens is 1. The lowest BCUT2D eigenvalue weighted by Gasteiger charge is -2.32. The molecule has 1 fully saturated rings. The van der Waals surface area contributed by atoms with Gasteiger partial charge in [-0.15, -0.1) is 0 Å². The Hall–Kier alpha value is -3.63. The summed E-state index contributed by atoms with van der Waals surface area (Å²) >= 11 is 6.09. The Morgan fingerprint density at radius 2 is 1.40 bits per heavy atom. The number of rotatable bonds is 5. The Bertz CT molecular complexity index is 1320. The molecule has 0 spiro atoms. The molecule has 0 aliphatic carbocycles. The first-order valence-electron chi connectivity index (χ1n) is 12.0. The number of hydrogen-bond acceptors (Lipinski definition) is 2. The standard InChI is InChI=1S/C30H27ClN2O2/c31-25-15-13-23(14-16-25)28(22-8-2-1-3-9-22)32-29(34)24-17-19-33(20-18-24)30(35)27-12-6-10-21-7-4-5-11-26(21)27/h1-16,24,28H,17-20H2,(H,32,34). The monoisotopic (exact) mass is 482 g/mol. The van der Waals surface area contributed by atoms with E-state index in [1.165, 1.54) is 0 Å². The van der Waals surface area contributed by atoms with Gasteiger partial charge in [0.05, 0.1) is 6.04 Å². The number of piperidine rings is 1. The number of carbonyl (C=O) groups is 2. The topological polar surface area (TPSA) is 49.4 Å². The van der Waals surface area contributed by atoms with Crippen molar-refractivity contribution in [3.8, 4) is 0 Å². The second-order valence-electron chi connectivity index (χ2n) is 9.00. The van der Waals surface area contributed by atoms with Crippen LogP contribution in [0.4, 0.5) is 0 Å². The second-order valence-corrected chi connectivity index (χ2v) is 9.43. The Morgan fingerprint density at radius 3 is 2.14 bits per heavy atom. The van der Waals surface area contributed by atoms with E-state index >= 15 is 0 Å². The van der Waals surface area contributed by atoms with Crippen LogP contribution in [-0.2, 0) is 4.79 Å². The van der Waals surface area contributed by atoms with Gasteiger partial charge in [-0.1, -0.05) is 90.5 Å². The van der Waals surface area contributed by atoms with E-state index in [2.05, 4.69) is 5.32 Å². The quantitative estimate of drug-likeness (QED) is 0.365. The minimum absolute atomic E-state index is 0.0195. The van der Waals surface area contributed by atoms with Gasteiger partial charge in [-0.2, -0.15) is 0 Å². The maximum Gasteiger partial charge on any atom is 0.254 e. The Balaban J connectivity index is 1.27. The van der Waals surface area contributed by atoms with Crippen LogP contribution in [0.1, 0.15) is 40.4 Å². The fourth-order valence-corrected chi connectivity index (χ4v) is 4.97. The van der Waals surface area contributed by atoms with Gasteiger partial charge in [0.1, 0.15) is 0 Å². The summed E-state index contributed by atoms with van der Waals surface area (Å²) in [5.41, 5.74) is 2.72. The molecule has 1 atom stereocenters. The molecule has 1 heterocycles. The van der Waals surface area contributed by atoms with E-state index in [4.69, 9.17) is 11.6 Å². The molecule has 1 N–H and O–H groups in total. The molecule has 2 amide bonds. The molecule has 1 aliphatic heterocycles. The Morgan fingerprint density at radius 1 is 0.771 bits per heavy atom. The SMILES string of the molecule is O=C(NC(c1ccccc1)c1ccc(Cl)cc1)C1CCN(C(=O)c2cccc3ccccc23)CC1. The molecule has 1 aliphatic rings. The summed E-state index contributed by atoms with van der Waals surface area (Å²) in [4.78, 5) is 28.5. The van der Waals surface area contributed by atoms with Gasteiger partial charge in [-0.3, -0.25) is 9.59 Å². The number of benzene rings is 4. The van der Waals surface area contributed by atoms with Gasteiger partial charge in [0.25, 0.3) is 5.91 Å². The molecule has 4 aromatic carbocycles. The summed E-state index contributed by atoms with van der Waals surface area (Å²) in [6.45, 7) is 1.13. The summed E-state index contributed by atoms with van der Waals surface area (Å²) in [5.74, 6) is -0.0832. The highest BCUT2D eigenvalue weighted by molar-refractivity contribution is 6.30. The van der Waals surface area contributed by atoms with E-state index < -0.39 is 0 Å². The lowest BCUT2D eigenvalue weighted by Crippen LogP contribution is -2.43. The molecule has 176 valence electrons. The van der Waals surface area contributed by atoms with Crippen molar-refractivity contribution in [3.05, 3.63) is 119 Å². The molecule has 0 radical (unpaired) electrons. The first kappa shape index (κ1) is 23.1. The maximum atomic E-state index is 13.3. The Kier molecular flexibility index (Phi) is 6.82. The van der Waals surface area contributed by atoms with Crippen molar-refractivity contribution in [1.82, 2.24) is 10.2 Å². The molecular formula is C30H27ClN2O2. The van der Waals surface area contributed by atoms with Crippen molar-refractivity contribution < 1.29 is 9.59 Å². The second kappa shape index (κ2) is 10.3. The van der Waals surface area contributed by atoms with Gasteiger partial charge < -0.3 is 10.2 Å². The van der Waals surface area contributed by atoms with Gasteiger partial charge >= 0.3 is 0 Å². The average molecular weight is 483 g/mol. The highest BCUT2D eigenvalue weighted by Crippen LogP contribution is 2.27. The fraction of sp³-hybridized carbons (Fsp3) is 0.200. The molecule has 1 unspecified atom stereocenters. The lowest BCUT2D eigenvalue weighted by molar-refractivity contribution is -0.126. The van der Waals surface area contributed by atoms with Crippen molar-refractivity contribution in [2.24, 2.45) is 5.92 Å². The van der Waals surface area contributed by atoms with Crippen LogP contribution >= 0.6 is 11.6 Å². The molecule has 0 aromatic heterocycles. The minimum Gasteiger partial charge on any atom is -0.345 e. The number of likely N-dealkylation sites (tertiary alicyclic amines) is 1. The van der Waals surface area contributed by atoms with Crippen LogP contribution in [0.25, 0.3) is 10.8 Å². The van der Waals surface area contributed by atoms with E-state index in [9.17, 15) is 9.59 Å². The highest BCUT2D eigenvalue weighted by atomic mass is 35.5. The third-order valence-electron chi connectivity index (χ3n) is 6.80. The number of nitrogens with zero attached hydrogens (tertiary/aromatic N) is 1. The van der Waals surface area contributed by atoms with Crippen molar-refractivity contribution in [3.63, 3.8) is 0 Å². The zero-order valence-electron chi connectivity index (χ0n) is 19.4. The molecule has 0 bridgehead atoms. The van der Waals surface area contributed by atoms with E-state index in [1.807, 2.05) is 102 Å². The van der Waals surface area contributed by atoms with Crippen molar-refractivity contribution in [2.45, 2.75) is 18.9 Å². The predicted molar refractivity (Wildman–Crippen MR) is 140 cm³/mol. The number of nitrogens with one attached hydrogen (secondary N) is 1. The third-order valence-corrected chi connectivity index (χ3v) is 7.05. The largest absolute Gasteiger partial charge is 0.345 e. The molecule has 35 heavy (non-hydrogen) atoms. The van der Waals surface area contributed by atoms with E-state index in [-0.39, 0.29) is 23.8 Å². The first-order valence-corrected chi connectivity index (χ1v) is 12.4. The van der Waals surface area contributed by atoms with E-state index in [0.717, 1.165) is 27.5 Å². The predicted octanol–water partition coefficient (Wildman–Crippen LogP) is 6.25. The van der Waals surface area contributed by atoms with Gasteiger partial charge in [0, 0.05) is 29.6 Å². The summed E-state index contributed by atoms with van der Waals surface area (Å²) < 4.78 is 0. The van der Waals surface area contributed by atoms with E-state index in [1.54, 1.807) is 0 Å². The summed E-state index contributed by atoms with van der Waals surface area (Å²) in [5, 5.41) is 5.94. The van der Waals surface area contributed by atoms with Crippen LogP contribution < -0.4 is 5.32 Å². The summed E-state index contributed by atoms with van der Waals surface area (Å²) in [7, 11) is 0. The number of amides is 2. The third kappa shape index (κ3) is 5.08. The maximum absolute atomic E-state index is 13.3. The van der Waals surface area contributed by atoms with E-state index in [0.29, 0.717) is 31.0 Å². The van der Waals surface area contributed by atoms with Crippen molar-refractivity contribution in [2.75, 3.05) is 13.1 Å². The zero-order chi connectivity index (χ0) is 24.2. The van der Waals surface area contributed by atoms with Crippen LogP contribution in [0.15, 0.2) is 97.1 Å². The van der Waals surface area contributed by atoms with Crippen LogP contribution in [0.2, 0.25) is 5.02 Å². The molecule has 4 nitrogen and oxygen atoms in total. The molecular weight excluding hydrogens is 456 g/mol. The highest BCUT2D eigenvalue weighted by Gasteiger charge is 2.30. The van der Waals surface area contributed by atoms with Gasteiger partial charge in [0.15, 0.2) is 0 Å². The number of hydrogen-bond donors (Lipinski definition) is 1. The number of carbonyl (C=O) groups excluding carboxylic acids is 2. The zero-order valence-corrected chi connectivity index (χ0v) is 20.1. The Labute approximate surface area is 210 Å². The van der Waals surface area contributed by atoms with Crippen LogP contribution in [-0.4, -0.2) is 29.8 Å². The van der Waals surface area contributed by atoms with Crippen LogP contribution in [0.5, 0.6) is 0 Å². The fourth-order valence-electron chi connectivity index (χ4n) is 4.85. The van der Waals surface area contributed by atoms with Crippen molar-refractivity contribution in [1.29, 1.82) is 0 Å². The van der Waals surface area contributed by atoms with Crippen molar-refractivity contribution >= 4 is 34.2 Å². The minimum atomic E-state index is -0.253. The normalized spacial score (nSPS) is 15.1. The molecule has 4 aromatic rings. The van der Waals surface area contributed by atoms with Gasteiger partial charge in [0.2, 0.25) is 5.91 Å². The summed E-state index contributed by atoms with van der Waals surface area (Å²) in [6.07, 6.45) is 1.29. The first-order chi connectivity index (χ1) is 17.1. The summed E-state index contributed by atoms with van der Waals surface area (Å²) in [6, 6.07) is 31.1. The molecule has 0 saturated carbocycles. The molecule has 5 heteroatoms. The lowest BCUT2D eigenvalue weighted by atomic mass is 9.93. The molecule has 1 saturated heterocycles. The van der Waals surface area contributed by atoms with Gasteiger partial charge in [-0.05, 0) is 52.9 Å². The number of fused-ring (bicyclic) bond motifs is 1. The van der Waals surface area contributed by atoms with Gasteiger partial charge in [-0.25, -0.2) is 0 Å². The van der Waals surface area contributed by atoms with Crippen LogP contribution in [0, 0.1) is 5.92 Å². The van der Waals surface area contributed by atoms with Crippen LogP contribution in [0.3, 0.4) is 0 Å². The average Bonchev–Trinajstić information content (AvgIpc) is 2.92.